The third kappa shape index (κ3) is 4.82. The Labute approximate surface area is 232 Å². The number of hydrogen-bond donors (Lipinski definition) is 1. The maximum atomic E-state index is 14.5. The Balaban J connectivity index is 1.79. The van der Waals surface area contributed by atoms with Crippen molar-refractivity contribution >= 4 is 17.7 Å². The monoisotopic (exact) mass is 537 g/mol. The molecule has 1 aromatic rings. The Morgan fingerprint density at radius 3 is 2.38 bits per heavy atom. The van der Waals surface area contributed by atoms with Gasteiger partial charge in [-0.2, -0.15) is 0 Å². The minimum absolute atomic E-state index is 0.128. The van der Waals surface area contributed by atoms with Crippen molar-refractivity contribution < 1.29 is 24.2 Å². The van der Waals surface area contributed by atoms with Crippen molar-refractivity contribution in [2.24, 2.45) is 11.8 Å². The van der Waals surface area contributed by atoms with Crippen LogP contribution in [0.25, 0.3) is 0 Å². The molecule has 1 spiro atoms. The van der Waals surface area contributed by atoms with Crippen LogP contribution in [0, 0.1) is 11.8 Å². The number of fused-ring (bicyclic) bond motifs is 1. The molecule has 3 aliphatic heterocycles. The quantitative estimate of drug-likeness (QED) is 0.391. The molecule has 0 aliphatic carbocycles. The summed E-state index contributed by atoms with van der Waals surface area (Å²) in [4.78, 5) is 47.9. The van der Waals surface area contributed by atoms with E-state index in [1.165, 1.54) is 0 Å². The number of carbonyl (C=O) groups is 3. The topological polar surface area (TPSA) is 90.4 Å². The second kappa shape index (κ2) is 11.6. The molecule has 8 heteroatoms. The molecule has 3 aliphatic rings. The summed E-state index contributed by atoms with van der Waals surface area (Å²) >= 11 is 0. The average Bonchev–Trinajstić information content (AvgIpc) is 3.50. The maximum Gasteiger partial charge on any atom is 0.249 e. The van der Waals surface area contributed by atoms with E-state index in [9.17, 15) is 19.5 Å². The molecule has 3 fully saturated rings. The molecule has 4 rings (SSSR count). The minimum Gasteiger partial charge on any atom is -0.394 e. The molecule has 2 bridgehead atoms. The number of ether oxygens (including phenoxy) is 1. The van der Waals surface area contributed by atoms with Crippen LogP contribution in [-0.4, -0.2) is 87.1 Å². The number of amides is 3. The predicted octanol–water partition coefficient (Wildman–Crippen LogP) is 3.16. The Morgan fingerprint density at radius 1 is 1.13 bits per heavy atom. The standard InChI is InChI=1S/C31H43N3O5/c1-6-17-32(18-7-2)27(36)24-25-28(37)34(23(9-4)21-35)26(31(25)16-15-30(24,5)39-31)29(38)33(19-8-3)20-22-13-11-10-12-14-22/h6,8,10-14,23-26,35H,1,3,7,9,15-21H2,2,4-5H3/t23-,24+,25-,26?,30-,31?/m0/s1. The maximum absolute atomic E-state index is 14.5. The lowest BCUT2D eigenvalue weighted by molar-refractivity contribution is -0.156. The number of benzene rings is 1. The number of nitrogens with zero attached hydrogens (tertiary/aromatic N) is 3. The zero-order valence-electron chi connectivity index (χ0n) is 23.6. The van der Waals surface area contributed by atoms with Crippen LogP contribution in [0.4, 0.5) is 0 Å². The van der Waals surface area contributed by atoms with E-state index < -0.39 is 35.1 Å². The van der Waals surface area contributed by atoms with Crippen molar-refractivity contribution in [2.45, 2.75) is 76.3 Å². The van der Waals surface area contributed by atoms with E-state index in [-0.39, 0.29) is 24.3 Å². The summed E-state index contributed by atoms with van der Waals surface area (Å²) in [6.07, 6.45) is 5.71. The third-order valence-corrected chi connectivity index (χ3v) is 8.82. The Kier molecular flexibility index (Phi) is 8.66. The Morgan fingerprint density at radius 2 is 1.79 bits per heavy atom. The van der Waals surface area contributed by atoms with Gasteiger partial charge in [-0.1, -0.05) is 56.3 Å². The largest absolute Gasteiger partial charge is 0.394 e. The third-order valence-electron chi connectivity index (χ3n) is 8.82. The van der Waals surface area contributed by atoms with Gasteiger partial charge in [0.05, 0.1) is 30.1 Å². The van der Waals surface area contributed by atoms with Crippen LogP contribution < -0.4 is 0 Å². The Hall–Kier alpha value is -2.97. The van der Waals surface area contributed by atoms with Gasteiger partial charge in [-0.05, 0) is 38.2 Å². The number of aliphatic hydroxyl groups is 1. The van der Waals surface area contributed by atoms with E-state index in [1.54, 1.807) is 26.9 Å². The lowest BCUT2D eigenvalue weighted by atomic mass is 9.66. The zero-order valence-corrected chi connectivity index (χ0v) is 23.6. The molecule has 2 unspecified atom stereocenters. The molecule has 8 nitrogen and oxygen atoms in total. The fourth-order valence-corrected chi connectivity index (χ4v) is 7.11. The molecule has 212 valence electrons. The summed E-state index contributed by atoms with van der Waals surface area (Å²) in [6, 6.07) is 8.20. The molecule has 39 heavy (non-hydrogen) atoms. The first kappa shape index (κ1) is 29.0. The van der Waals surface area contributed by atoms with E-state index >= 15 is 0 Å². The van der Waals surface area contributed by atoms with E-state index in [2.05, 4.69) is 13.2 Å². The lowest BCUT2D eigenvalue weighted by Crippen LogP contribution is -2.58. The summed E-state index contributed by atoms with van der Waals surface area (Å²) in [5.74, 6) is -2.13. The number of aliphatic hydroxyl groups excluding tert-OH is 1. The minimum atomic E-state index is -1.13. The molecule has 3 heterocycles. The summed E-state index contributed by atoms with van der Waals surface area (Å²) in [5, 5.41) is 10.3. The molecule has 0 aromatic heterocycles. The van der Waals surface area contributed by atoms with Crippen molar-refractivity contribution in [3.05, 3.63) is 61.2 Å². The van der Waals surface area contributed by atoms with Crippen LogP contribution in [-0.2, 0) is 25.7 Å². The van der Waals surface area contributed by atoms with Gasteiger partial charge in [-0.25, -0.2) is 0 Å². The summed E-state index contributed by atoms with van der Waals surface area (Å²) in [7, 11) is 0. The van der Waals surface area contributed by atoms with Gasteiger partial charge in [-0.3, -0.25) is 14.4 Å². The van der Waals surface area contributed by atoms with Gasteiger partial charge >= 0.3 is 0 Å². The highest BCUT2D eigenvalue weighted by Gasteiger charge is 2.78. The molecule has 1 N–H and O–H groups in total. The summed E-state index contributed by atoms with van der Waals surface area (Å²) in [5.41, 5.74) is -1.02. The molecule has 0 radical (unpaired) electrons. The van der Waals surface area contributed by atoms with Gasteiger partial charge < -0.3 is 24.5 Å². The van der Waals surface area contributed by atoms with Gasteiger partial charge in [-0.15, -0.1) is 13.2 Å². The zero-order chi connectivity index (χ0) is 28.4. The first-order chi connectivity index (χ1) is 18.7. The van der Waals surface area contributed by atoms with E-state index in [0.29, 0.717) is 45.4 Å². The smallest absolute Gasteiger partial charge is 0.249 e. The molecule has 1 aromatic carbocycles. The summed E-state index contributed by atoms with van der Waals surface area (Å²) in [6.45, 7) is 14.8. The van der Waals surface area contributed by atoms with Crippen LogP contribution in [0.2, 0.25) is 0 Å². The van der Waals surface area contributed by atoms with Gasteiger partial charge in [0.15, 0.2) is 0 Å². The first-order valence-corrected chi connectivity index (χ1v) is 14.2. The van der Waals surface area contributed by atoms with Crippen molar-refractivity contribution in [3.63, 3.8) is 0 Å². The highest BCUT2D eigenvalue weighted by atomic mass is 16.5. The van der Waals surface area contributed by atoms with Crippen LogP contribution in [0.1, 0.15) is 52.0 Å². The van der Waals surface area contributed by atoms with E-state index in [0.717, 1.165) is 12.0 Å². The number of hydrogen-bond acceptors (Lipinski definition) is 5. The summed E-state index contributed by atoms with van der Waals surface area (Å²) < 4.78 is 6.77. The molecule has 3 amide bonds. The van der Waals surface area contributed by atoms with Gasteiger partial charge in [0.25, 0.3) is 0 Å². The Bertz CT molecular complexity index is 1090. The van der Waals surface area contributed by atoms with E-state index in [4.69, 9.17) is 4.74 Å². The SMILES string of the molecule is C=CCN(Cc1ccccc1)C(=O)C1N([C@@H](CC)CO)C(=O)[C@@H]2[C@H](C(=O)N(CC=C)CCC)[C@]3(C)CCC12O3. The highest BCUT2D eigenvalue weighted by molar-refractivity contribution is 5.99. The van der Waals surface area contributed by atoms with Crippen LogP contribution >= 0.6 is 0 Å². The van der Waals surface area contributed by atoms with Gasteiger partial charge in [0, 0.05) is 26.2 Å². The van der Waals surface area contributed by atoms with Crippen molar-refractivity contribution in [1.29, 1.82) is 0 Å². The fraction of sp³-hybridized carbons (Fsp3) is 0.581. The van der Waals surface area contributed by atoms with Crippen LogP contribution in [0.15, 0.2) is 55.6 Å². The number of likely N-dealkylation sites (tertiary alicyclic amines) is 1. The van der Waals surface area contributed by atoms with Crippen molar-refractivity contribution in [1.82, 2.24) is 14.7 Å². The first-order valence-electron chi connectivity index (χ1n) is 14.2. The van der Waals surface area contributed by atoms with Gasteiger partial charge in [0.1, 0.15) is 11.6 Å². The number of carbonyl (C=O) groups excluding carboxylic acids is 3. The second-order valence-corrected chi connectivity index (χ2v) is 11.3. The predicted molar refractivity (Wildman–Crippen MR) is 149 cm³/mol. The fourth-order valence-electron chi connectivity index (χ4n) is 7.11. The highest BCUT2D eigenvalue weighted by Crippen LogP contribution is 2.64. The lowest BCUT2D eigenvalue weighted by Gasteiger charge is -2.39. The molecule has 6 atom stereocenters. The average molecular weight is 538 g/mol. The molecule has 0 saturated carbocycles. The number of rotatable bonds is 13. The van der Waals surface area contributed by atoms with E-state index in [1.807, 2.05) is 51.1 Å². The molecular formula is C31H43N3O5. The molecular weight excluding hydrogens is 494 g/mol. The normalized spacial score (nSPS) is 29.7. The molecule has 3 saturated heterocycles. The second-order valence-electron chi connectivity index (χ2n) is 11.3. The van der Waals surface area contributed by atoms with Crippen molar-refractivity contribution in [3.8, 4) is 0 Å². The van der Waals surface area contributed by atoms with Crippen LogP contribution in [0.3, 0.4) is 0 Å². The van der Waals surface area contributed by atoms with Crippen molar-refractivity contribution in [2.75, 3.05) is 26.2 Å². The van der Waals surface area contributed by atoms with Crippen LogP contribution in [0.5, 0.6) is 0 Å². The van der Waals surface area contributed by atoms with Gasteiger partial charge in [0.2, 0.25) is 17.7 Å².